The molecule has 0 fully saturated rings. The maximum Gasteiger partial charge on any atom is 0.149 e. The second kappa shape index (κ2) is 6.90. The molecule has 2 aromatic carbocycles. The average Bonchev–Trinajstić information content (AvgIpc) is 2.98. The molecule has 120 valence electrons. The molecule has 0 amide bonds. The molecule has 0 aliphatic heterocycles. The predicted octanol–water partition coefficient (Wildman–Crippen LogP) is 5.18. The van der Waals surface area contributed by atoms with E-state index in [1.54, 1.807) is 6.08 Å². The van der Waals surface area contributed by atoms with Crippen LogP contribution in [0.3, 0.4) is 0 Å². The van der Waals surface area contributed by atoms with Gasteiger partial charge in [0.05, 0.1) is 22.7 Å². The van der Waals surface area contributed by atoms with Gasteiger partial charge in [-0.05, 0) is 50.3 Å². The van der Waals surface area contributed by atoms with Crippen molar-refractivity contribution in [3.63, 3.8) is 0 Å². The number of nitrogens with zero attached hydrogens (tertiary/aromatic N) is 2. The van der Waals surface area contributed by atoms with Gasteiger partial charge in [0, 0.05) is 10.0 Å². The molecular formula is C19H16BrN3O. The molecule has 0 unspecified atom stereocenters. The number of hydrogen-bond donors (Lipinski definition) is 1. The van der Waals surface area contributed by atoms with Gasteiger partial charge in [-0.2, -0.15) is 5.26 Å². The molecule has 3 aromatic rings. The van der Waals surface area contributed by atoms with Crippen LogP contribution in [0.5, 0.6) is 5.75 Å². The summed E-state index contributed by atoms with van der Waals surface area (Å²) < 4.78 is 6.76. The van der Waals surface area contributed by atoms with Gasteiger partial charge in [0.2, 0.25) is 0 Å². The third kappa shape index (κ3) is 3.50. The number of para-hydroxylation sites is 2. The third-order valence-electron chi connectivity index (χ3n) is 3.40. The standard InChI is InChI=1S/C19H16BrN3O/c1-12(2)24-18-8-7-15(20)10-13(18)9-14(11-21)19-22-16-5-3-4-6-17(16)23-19/h3-10,12H,1-2H3,(H,22,23)/b14-9+. The van der Waals surface area contributed by atoms with Crippen LogP contribution in [0.15, 0.2) is 46.9 Å². The first-order valence-electron chi connectivity index (χ1n) is 7.60. The van der Waals surface area contributed by atoms with E-state index in [-0.39, 0.29) is 6.10 Å². The maximum absolute atomic E-state index is 9.58. The fourth-order valence-corrected chi connectivity index (χ4v) is 2.76. The van der Waals surface area contributed by atoms with E-state index in [4.69, 9.17) is 4.74 Å². The SMILES string of the molecule is CC(C)Oc1ccc(Br)cc1/C=C(\C#N)c1nc2ccccc2[nH]1. The van der Waals surface area contributed by atoms with Gasteiger partial charge in [0.25, 0.3) is 0 Å². The van der Waals surface area contributed by atoms with E-state index < -0.39 is 0 Å². The van der Waals surface area contributed by atoms with Gasteiger partial charge >= 0.3 is 0 Å². The van der Waals surface area contributed by atoms with Gasteiger partial charge in [0.15, 0.2) is 0 Å². The molecule has 0 atom stereocenters. The summed E-state index contributed by atoms with van der Waals surface area (Å²) in [6.45, 7) is 3.94. The van der Waals surface area contributed by atoms with Crippen molar-refractivity contribution < 1.29 is 4.74 Å². The van der Waals surface area contributed by atoms with Crippen LogP contribution in [0.25, 0.3) is 22.7 Å². The second-order valence-corrected chi connectivity index (χ2v) is 6.54. The maximum atomic E-state index is 9.58. The Morgan fingerprint density at radius 3 is 2.79 bits per heavy atom. The molecule has 1 aromatic heterocycles. The van der Waals surface area contributed by atoms with Crippen LogP contribution in [0, 0.1) is 11.3 Å². The van der Waals surface area contributed by atoms with Crippen LogP contribution in [0.1, 0.15) is 25.2 Å². The van der Waals surface area contributed by atoms with Gasteiger partial charge in [-0.1, -0.05) is 28.1 Å². The van der Waals surface area contributed by atoms with Crippen molar-refractivity contribution in [2.24, 2.45) is 0 Å². The second-order valence-electron chi connectivity index (χ2n) is 5.62. The van der Waals surface area contributed by atoms with E-state index in [0.717, 1.165) is 26.8 Å². The zero-order valence-electron chi connectivity index (χ0n) is 13.4. The number of rotatable bonds is 4. The predicted molar refractivity (Wildman–Crippen MR) is 99.5 cm³/mol. The summed E-state index contributed by atoms with van der Waals surface area (Å²) in [4.78, 5) is 7.68. The molecule has 0 bridgehead atoms. The minimum absolute atomic E-state index is 0.0510. The van der Waals surface area contributed by atoms with Crippen molar-refractivity contribution in [2.45, 2.75) is 20.0 Å². The summed E-state index contributed by atoms with van der Waals surface area (Å²) in [5.74, 6) is 1.28. The summed E-state index contributed by atoms with van der Waals surface area (Å²) in [6.07, 6.45) is 1.84. The number of nitriles is 1. The lowest BCUT2D eigenvalue weighted by Crippen LogP contribution is -2.06. The quantitative estimate of drug-likeness (QED) is 0.633. The average molecular weight is 382 g/mol. The van der Waals surface area contributed by atoms with Gasteiger partial charge in [-0.15, -0.1) is 0 Å². The molecule has 0 saturated heterocycles. The number of H-pyrrole nitrogens is 1. The van der Waals surface area contributed by atoms with E-state index in [1.165, 1.54) is 0 Å². The van der Waals surface area contributed by atoms with Crippen LogP contribution in [-0.2, 0) is 0 Å². The summed E-state index contributed by atoms with van der Waals surface area (Å²) >= 11 is 3.47. The Morgan fingerprint density at radius 1 is 1.29 bits per heavy atom. The smallest absolute Gasteiger partial charge is 0.149 e. The third-order valence-corrected chi connectivity index (χ3v) is 3.89. The highest BCUT2D eigenvalue weighted by Crippen LogP contribution is 2.28. The number of hydrogen-bond acceptors (Lipinski definition) is 3. The molecular weight excluding hydrogens is 366 g/mol. The van der Waals surface area contributed by atoms with Gasteiger partial charge in [-0.3, -0.25) is 0 Å². The van der Waals surface area contributed by atoms with E-state index in [1.807, 2.05) is 56.3 Å². The molecule has 0 spiro atoms. The molecule has 0 aliphatic rings. The number of allylic oxidation sites excluding steroid dienone is 1. The highest BCUT2D eigenvalue weighted by Gasteiger charge is 2.11. The molecule has 0 aliphatic carbocycles. The van der Waals surface area contributed by atoms with Gasteiger partial charge in [-0.25, -0.2) is 4.98 Å². The summed E-state index contributed by atoms with van der Waals surface area (Å²) in [7, 11) is 0. The summed E-state index contributed by atoms with van der Waals surface area (Å²) in [6, 6.07) is 15.7. The van der Waals surface area contributed by atoms with Crippen LogP contribution in [-0.4, -0.2) is 16.1 Å². The zero-order valence-corrected chi connectivity index (χ0v) is 15.0. The molecule has 5 heteroatoms. The van der Waals surface area contributed by atoms with Crippen LogP contribution >= 0.6 is 15.9 Å². The Bertz CT molecular complexity index is 918. The first-order valence-corrected chi connectivity index (χ1v) is 8.39. The van der Waals surface area contributed by atoms with E-state index in [0.29, 0.717) is 11.4 Å². The van der Waals surface area contributed by atoms with Crippen molar-refractivity contribution in [2.75, 3.05) is 0 Å². The highest BCUT2D eigenvalue weighted by molar-refractivity contribution is 9.10. The van der Waals surface area contributed by atoms with Crippen molar-refractivity contribution in [3.05, 3.63) is 58.3 Å². The van der Waals surface area contributed by atoms with Crippen LogP contribution < -0.4 is 4.74 Å². The monoisotopic (exact) mass is 381 g/mol. The van der Waals surface area contributed by atoms with E-state index >= 15 is 0 Å². The van der Waals surface area contributed by atoms with E-state index in [9.17, 15) is 5.26 Å². The van der Waals surface area contributed by atoms with E-state index in [2.05, 4.69) is 32.0 Å². The molecule has 0 saturated carbocycles. The lowest BCUT2D eigenvalue weighted by molar-refractivity contribution is 0.242. The number of fused-ring (bicyclic) bond motifs is 1. The van der Waals surface area contributed by atoms with Crippen molar-refractivity contribution >= 4 is 38.6 Å². The first kappa shape index (κ1) is 16.3. The topological polar surface area (TPSA) is 61.7 Å². The molecule has 3 rings (SSSR count). The van der Waals surface area contributed by atoms with Crippen LogP contribution in [0.2, 0.25) is 0 Å². The Balaban J connectivity index is 2.07. The molecule has 24 heavy (non-hydrogen) atoms. The highest BCUT2D eigenvalue weighted by atomic mass is 79.9. The molecule has 1 N–H and O–H groups in total. The Morgan fingerprint density at radius 2 is 2.08 bits per heavy atom. The molecule has 4 nitrogen and oxygen atoms in total. The fraction of sp³-hybridized carbons (Fsp3) is 0.158. The Hall–Kier alpha value is -2.58. The van der Waals surface area contributed by atoms with Crippen molar-refractivity contribution in [3.8, 4) is 11.8 Å². The van der Waals surface area contributed by atoms with Gasteiger partial charge < -0.3 is 9.72 Å². The Labute approximate surface area is 148 Å². The van der Waals surface area contributed by atoms with Crippen molar-refractivity contribution in [1.29, 1.82) is 5.26 Å². The fourth-order valence-electron chi connectivity index (χ4n) is 2.38. The number of aromatic nitrogens is 2. The summed E-state index contributed by atoms with van der Waals surface area (Å²) in [5.41, 5.74) is 3.02. The number of nitrogens with one attached hydrogen (secondary N) is 1. The number of imidazole rings is 1. The number of benzene rings is 2. The molecule has 1 heterocycles. The largest absolute Gasteiger partial charge is 0.490 e. The minimum Gasteiger partial charge on any atom is -0.490 e. The lowest BCUT2D eigenvalue weighted by atomic mass is 10.1. The van der Waals surface area contributed by atoms with Crippen LogP contribution in [0.4, 0.5) is 0 Å². The number of aromatic amines is 1. The molecule has 0 radical (unpaired) electrons. The lowest BCUT2D eigenvalue weighted by Gasteiger charge is -2.13. The Kier molecular flexibility index (Phi) is 4.68. The number of halogens is 1. The first-order chi connectivity index (χ1) is 11.6. The summed E-state index contributed by atoms with van der Waals surface area (Å²) in [5, 5.41) is 9.58. The zero-order chi connectivity index (χ0) is 17.1. The van der Waals surface area contributed by atoms with Gasteiger partial charge in [0.1, 0.15) is 17.6 Å². The number of ether oxygens (including phenoxy) is 1. The normalized spacial score (nSPS) is 11.7. The van der Waals surface area contributed by atoms with Crippen molar-refractivity contribution in [1.82, 2.24) is 9.97 Å². The minimum atomic E-state index is 0.0510.